The highest BCUT2D eigenvalue weighted by atomic mass is 16.3. The van der Waals surface area contributed by atoms with Crippen molar-refractivity contribution < 1.29 is 10.2 Å². The summed E-state index contributed by atoms with van der Waals surface area (Å²) in [4.78, 5) is 0. The summed E-state index contributed by atoms with van der Waals surface area (Å²) in [7, 11) is 0. The summed E-state index contributed by atoms with van der Waals surface area (Å²) in [6.45, 7) is 0. The molecule has 2 N–H and O–H groups in total. The Morgan fingerprint density at radius 1 is 0.903 bits per heavy atom. The van der Waals surface area contributed by atoms with Gasteiger partial charge in [-0.3, -0.25) is 0 Å². The molecule has 0 radical (unpaired) electrons. The Labute approximate surface area is 184 Å². The molecule has 2 aliphatic carbocycles. The number of aliphatic hydroxyl groups is 1. The summed E-state index contributed by atoms with van der Waals surface area (Å²) in [6.07, 6.45) is 5.16. The summed E-state index contributed by atoms with van der Waals surface area (Å²) < 4.78 is 0. The molecule has 0 spiro atoms. The minimum Gasteiger partial charge on any atom is -0.508 e. The third kappa shape index (κ3) is 3.87. The Balaban J connectivity index is 1.51. The number of phenols is 1. The molecule has 2 nitrogen and oxygen atoms in total. The van der Waals surface area contributed by atoms with E-state index < -0.39 is 5.60 Å². The Hall–Kier alpha value is -3.02. The molecule has 1 fully saturated rings. The lowest BCUT2D eigenvalue weighted by molar-refractivity contribution is -0.00802. The largest absolute Gasteiger partial charge is 0.508 e. The summed E-state index contributed by atoms with van der Waals surface area (Å²) in [5.41, 5.74) is 3.91. The summed E-state index contributed by atoms with van der Waals surface area (Å²) in [5.74, 6) is 7.13. The van der Waals surface area contributed by atoms with E-state index in [0.717, 1.165) is 31.2 Å². The molecule has 2 heteroatoms. The van der Waals surface area contributed by atoms with Gasteiger partial charge in [-0.05, 0) is 85.4 Å². The number of hydrogen-bond acceptors (Lipinski definition) is 2. The predicted octanol–water partition coefficient (Wildman–Crippen LogP) is 5.40. The maximum absolute atomic E-state index is 11.4. The van der Waals surface area contributed by atoms with Gasteiger partial charge >= 0.3 is 0 Å². The summed E-state index contributed by atoms with van der Waals surface area (Å²) in [6, 6.07) is 26.5. The lowest BCUT2D eigenvalue weighted by Crippen LogP contribution is -2.50. The molecular weight excluding hydrogens is 380 g/mol. The van der Waals surface area contributed by atoms with Gasteiger partial charge in [-0.15, -0.1) is 0 Å². The molecule has 2 aliphatic rings. The number of hydrogen-bond donors (Lipinski definition) is 2. The van der Waals surface area contributed by atoms with Crippen LogP contribution >= 0.6 is 0 Å². The van der Waals surface area contributed by atoms with Crippen LogP contribution in [0.5, 0.6) is 5.75 Å². The lowest BCUT2D eigenvalue weighted by atomic mass is 9.52. The second-order valence-corrected chi connectivity index (χ2v) is 9.25. The molecular formula is C29H28O2. The molecule has 156 valence electrons. The molecule has 0 heterocycles. The minimum atomic E-state index is -0.949. The average Bonchev–Trinajstić information content (AvgIpc) is 2.79. The fraction of sp³-hybridized carbons (Fsp3) is 0.310. The van der Waals surface area contributed by atoms with Gasteiger partial charge in [0.15, 0.2) is 0 Å². The number of rotatable bonds is 2. The highest BCUT2D eigenvalue weighted by molar-refractivity contribution is 5.45. The van der Waals surface area contributed by atoms with Gasteiger partial charge in [0.05, 0.1) is 0 Å². The van der Waals surface area contributed by atoms with Crippen molar-refractivity contribution in [2.24, 2.45) is 5.92 Å². The zero-order valence-electron chi connectivity index (χ0n) is 17.7. The standard InChI is InChI=1S/C29H28O2/c30-26-13-14-27-24(19-26)11-12-25-21-28(31,16-15-22-7-3-1-4-8-22)17-18-29(25,27)20-23-9-5-2-6-10-23/h1-10,13-14,19,25,30-31H,11-12,17-18,20-21H2/t25-,28+,29-/m1/s1. The SMILES string of the molecule is Oc1ccc2c(c1)CC[C@@H]1C[C@](O)(C#Cc3ccccc3)CC[C@]21Cc1ccccc1. The number of aromatic hydroxyl groups is 1. The zero-order valence-corrected chi connectivity index (χ0v) is 17.7. The van der Waals surface area contributed by atoms with Crippen molar-refractivity contribution in [3.05, 3.63) is 101 Å². The van der Waals surface area contributed by atoms with Crippen molar-refractivity contribution in [2.45, 2.75) is 49.5 Å². The van der Waals surface area contributed by atoms with Gasteiger partial charge in [0.2, 0.25) is 0 Å². The van der Waals surface area contributed by atoms with Crippen LogP contribution < -0.4 is 0 Å². The van der Waals surface area contributed by atoms with Gasteiger partial charge in [0.1, 0.15) is 11.4 Å². The minimum absolute atomic E-state index is 0.0245. The van der Waals surface area contributed by atoms with Crippen LogP contribution in [0.15, 0.2) is 78.9 Å². The van der Waals surface area contributed by atoms with Crippen LogP contribution in [0.3, 0.4) is 0 Å². The quantitative estimate of drug-likeness (QED) is 0.557. The van der Waals surface area contributed by atoms with E-state index in [1.165, 1.54) is 16.7 Å². The van der Waals surface area contributed by atoms with Crippen molar-refractivity contribution >= 4 is 0 Å². The van der Waals surface area contributed by atoms with E-state index in [9.17, 15) is 10.2 Å². The van der Waals surface area contributed by atoms with Crippen LogP contribution in [0, 0.1) is 17.8 Å². The molecule has 3 aromatic rings. The first-order valence-corrected chi connectivity index (χ1v) is 11.2. The Morgan fingerprint density at radius 3 is 2.42 bits per heavy atom. The smallest absolute Gasteiger partial charge is 0.126 e. The Morgan fingerprint density at radius 2 is 1.65 bits per heavy atom. The Bertz CT molecular complexity index is 1130. The fourth-order valence-electron chi connectivity index (χ4n) is 5.79. The molecule has 0 saturated heterocycles. The maximum atomic E-state index is 11.4. The number of fused-ring (bicyclic) bond motifs is 3. The molecule has 31 heavy (non-hydrogen) atoms. The van der Waals surface area contributed by atoms with Crippen molar-refractivity contribution in [1.29, 1.82) is 0 Å². The molecule has 0 amide bonds. The fourth-order valence-corrected chi connectivity index (χ4v) is 5.79. The molecule has 1 saturated carbocycles. The van der Waals surface area contributed by atoms with Gasteiger partial charge < -0.3 is 10.2 Å². The zero-order chi connectivity index (χ0) is 21.3. The van der Waals surface area contributed by atoms with Crippen LogP contribution in [0.25, 0.3) is 0 Å². The third-order valence-corrected chi connectivity index (χ3v) is 7.31. The first-order valence-electron chi connectivity index (χ1n) is 11.2. The lowest BCUT2D eigenvalue weighted by Gasteiger charge is -2.52. The van der Waals surface area contributed by atoms with E-state index in [-0.39, 0.29) is 5.41 Å². The highest BCUT2D eigenvalue weighted by Gasteiger charge is 2.51. The molecule has 0 aliphatic heterocycles. The number of benzene rings is 3. The van der Waals surface area contributed by atoms with E-state index in [1.54, 1.807) is 0 Å². The third-order valence-electron chi connectivity index (χ3n) is 7.31. The van der Waals surface area contributed by atoms with Gasteiger partial charge in [0, 0.05) is 11.0 Å². The van der Waals surface area contributed by atoms with Crippen LogP contribution in [-0.2, 0) is 18.3 Å². The van der Waals surface area contributed by atoms with E-state index >= 15 is 0 Å². The molecule has 0 bridgehead atoms. The second-order valence-electron chi connectivity index (χ2n) is 9.25. The van der Waals surface area contributed by atoms with Crippen molar-refractivity contribution in [3.63, 3.8) is 0 Å². The predicted molar refractivity (Wildman–Crippen MR) is 124 cm³/mol. The summed E-state index contributed by atoms with van der Waals surface area (Å²) >= 11 is 0. The maximum Gasteiger partial charge on any atom is 0.126 e. The summed E-state index contributed by atoms with van der Waals surface area (Å²) in [5, 5.41) is 21.5. The molecule has 0 unspecified atom stereocenters. The monoisotopic (exact) mass is 408 g/mol. The van der Waals surface area contributed by atoms with Gasteiger partial charge in [-0.2, -0.15) is 0 Å². The van der Waals surface area contributed by atoms with Crippen molar-refractivity contribution in [1.82, 2.24) is 0 Å². The molecule has 3 atom stereocenters. The molecule has 0 aromatic heterocycles. The van der Waals surface area contributed by atoms with Crippen LogP contribution in [0.2, 0.25) is 0 Å². The van der Waals surface area contributed by atoms with E-state index in [1.807, 2.05) is 42.5 Å². The molecule has 5 rings (SSSR count). The first kappa shape index (κ1) is 19.9. The van der Waals surface area contributed by atoms with E-state index in [4.69, 9.17) is 0 Å². The average molecular weight is 409 g/mol. The van der Waals surface area contributed by atoms with Crippen molar-refractivity contribution in [2.75, 3.05) is 0 Å². The van der Waals surface area contributed by atoms with Crippen LogP contribution in [0.1, 0.15) is 47.9 Å². The van der Waals surface area contributed by atoms with Crippen LogP contribution in [-0.4, -0.2) is 15.8 Å². The topological polar surface area (TPSA) is 40.5 Å². The number of aryl methyl sites for hydroxylation is 1. The first-order chi connectivity index (χ1) is 15.1. The Kier molecular flexibility index (Phi) is 5.08. The van der Waals surface area contributed by atoms with E-state index in [2.05, 4.69) is 48.2 Å². The normalized spacial score (nSPS) is 26.8. The molecule has 3 aromatic carbocycles. The van der Waals surface area contributed by atoms with Crippen LogP contribution in [0.4, 0.5) is 0 Å². The van der Waals surface area contributed by atoms with Gasteiger partial charge in [0.25, 0.3) is 0 Å². The highest BCUT2D eigenvalue weighted by Crippen LogP contribution is 2.54. The van der Waals surface area contributed by atoms with Gasteiger partial charge in [-0.25, -0.2) is 0 Å². The van der Waals surface area contributed by atoms with Gasteiger partial charge in [-0.1, -0.05) is 66.4 Å². The number of phenolic OH excluding ortho intramolecular Hbond substituents is 1. The van der Waals surface area contributed by atoms with E-state index in [0.29, 0.717) is 24.5 Å². The van der Waals surface area contributed by atoms with Crippen molar-refractivity contribution in [3.8, 4) is 17.6 Å². The second kappa shape index (κ2) is 7.91.